The standard InChI is InChI=1S/C27H37F2N5O4Si/c1-8-38-24(37)34-21(31-22(35)27(14-11-15-27)39(5,6)7)17-16-33(25(2,3)20(17)32-34)23(36)30-19-13-10-9-12-18(19)26(4,28)29/h9-10,12-13H,8,11,14-16H2,1-7H3,(H,30,36)(H,31,35). The molecule has 1 fully saturated rings. The van der Waals surface area contributed by atoms with Gasteiger partial charge < -0.3 is 20.3 Å². The van der Waals surface area contributed by atoms with Gasteiger partial charge in [0.2, 0.25) is 5.91 Å². The lowest BCUT2D eigenvalue weighted by Gasteiger charge is -2.48. The first-order valence-electron chi connectivity index (χ1n) is 13.2. The Balaban J connectivity index is 1.69. The predicted octanol–water partition coefficient (Wildman–Crippen LogP) is 6.48. The Hall–Kier alpha value is -3.28. The maximum atomic E-state index is 14.2. The molecule has 2 aromatic rings. The molecule has 0 bridgehead atoms. The van der Waals surface area contributed by atoms with Crippen LogP contribution in [0, 0.1) is 0 Å². The van der Waals surface area contributed by atoms with Crippen molar-refractivity contribution in [1.29, 1.82) is 0 Å². The molecule has 2 N–H and O–H groups in total. The average molecular weight is 562 g/mol. The number of amides is 3. The Morgan fingerprint density at radius 3 is 2.31 bits per heavy atom. The van der Waals surface area contributed by atoms with Gasteiger partial charge in [0.1, 0.15) is 5.82 Å². The molecule has 9 nitrogen and oxygen atoms in total. The van der Waals surface area contributed by atoms with E-state index in [1.807, 2.05) is 0 Å². The van der Waals surface area contributed by atoms with Gasteiger partial charge in [-0.2, -0.15) is 5.10 Å². The number of alkyl halides is 2. The minimum Gasteiger partial charge on any atom is -0.448 e. The Morgan fingerprint density at radius 1 is 1.13 bits per heavy atom. The highest BCUT2D eigenvalue weighted by atomic mass is 28.3. The highest BCUT2D eigenvalue weighted by Gasteiger charge is 2.54. The maximum Gasteiger partial charge on any atom is 0.436 e. The quantitative estimate of drug-likeness (QED) is 0.393. The monoisotopic (exact) mass is 561 g/mol. The summed E-state index contributed by atoms with van der Waals surface area (Å²) < 4.78 is 34.6. The van der Waals surface area contributed by atoms with Crippen LogP contribution in [0.25, 0.3) is 0 Å². The number of fused-ring (bicyclic) bond motifs is 1. The molecule has 12 heteroatoms. The smallest absolute Gasteiger partial charge is 0.436 e. The van der Waals surface area contributed by atoms with Gasteiger partial charge in [0.05, 0.1) is 38.1 Å². The Bertz CT molecular complexity index is 1310. The fraction of sp³-hybridized carbons (Fsp3) is 0.556. The van der Waals surface area contributed by atoms with E-state index >= 15 is 0 Å². The molecule has 1 aromatic heterocycles. The molecule has 2 aliphatic rings. The molecule has 0 saturated heterocycles. The van der Waals surface area contributed by atoms with E-state index in [1.54, 1.807) is 26.8 Å². The van der Waals surface area contributed by atoms with Crippen LogP contribution in [0.2, 0.25) is 24.7 Å². The third kappa shape index (κ3) is 4.83. The summed E-state index contributed by atoms with van der Waals surface area (Å²) in [5.41, 5.74) is -0.387. The van der Waals surface area contributed by atoms with Gasteiger partial charge in [0.25, 0.3) is 5.92 Å². The third-order valence-electron chi connectivity index (χ3n) is 8.19. The molecule has 39 heavy (non-hydrogen) atoms. The number of rotatable bonds is 6. The summed E-state index contributed by atoms with van der Waals surface area (Å²) in [4.78, 5) is 41.5. The molecular weight excluding hydrogens is 524 g/mol. The minimum absolute atomic E-state index is 0.00233. The van der Waals surface area contributed by atoms with E-state index in [0.717, 1.165) is 30.9 Å². The van der Waals surface area contributed by atoms with Crippen LogP contribution in [0.4, 0.5) is 29.9 Å². The number of carbonyl (C=O) groups is 3. The van der Waals surface area contributed by atoms with Gasteiger partial charge in [-0.25, -0.2) is 18.4 Å². The number of aromatic nitrogens is 2. The molecule has 4 rings (SSSR count). The lowest BCUT2D eigenvalue weighted by atomic mass is 9.83. The van der Waals surface area contributed by atoms with E-state index in [4.69, 9.17) is 4.74 Å². The van der Waals surface area contributed by atoms with Crippen LogP contribution < -0.4 is 10.6 Å². The van der Waals surface area contributed by atoms with Crippen LogP contribution in [0.15, 0.2) is 24.3 Å². The van der Waals surface area contributed by atoms with Crippen LogP contribution in [0.1, 0.15) is 63.8 Å². The molecular formula is C27H37F2N5O4Si. The summed E-state index contributed by atoms with van der Waals surface area (Å²) >= 11 is 0. The minimum atomic E-state index is -3.15. The van der Waals surface area contributed by atoms with E-state index in [2.05, 4.69) is 35.4 Å². The summed E-state index contributed by atoms with van der Waals surface area (Å²) in [5, 5.41) is 9.64. The van der Waals surface area contributed by atoms with Crippen LogP contribution >= 0.6 is 0 Å². The summed E-state index contributed by atoms with van der Waals surface area (Å²) in [6.07, 6.45) is 1.80. The zero-order valence-electron chi connectivity index (χ0n) is 23.6. The molecule has 0 radical (unpaired) electrons. The maximum absolute atomic E-state index is 14.2. The summed E-state index contributed by atoms with van der Waals surface area (Å²) in [7, 11) is -1.92. The fourth-order valence-electron chi connectivity index (χ4n) is 5.58. The lowest BCUT2D eigenvalue weighted by molar-refractivity contribution is -0.121. The van der Waals surface area contributed by atoms with Gasteiger partial charge in [-0.05, 0) is 39.7 Å². The summed E-state index contributed by atoms with van der Waals surface area (Å²) in [6.45, 7) is 12.6. The molecule has 1 aromatic carbocycles. The highest BCUT2D eigenvalue weighted by molar-refractivity contribution is 6.83. The van der Waals surface area contributed by atoms with Crippen LogP contribution in [0.3, 0.4) is 0 Å². The number of hydrogen-bond acceptors (Lipinski definition) is 5. The van der Waals surface area contributed by atoms with Crippen molar-refractivity contribution in [2.45, 2.75) is 89.6 Å². The number of hydrogen-bond donors (Lipinski definition) is 2. The second kappa shape index (κ2) is 9.72. The number of benzene rings is 1. The number of halogens is 2. The molecule has 3 amide bonds. The van der Waals surface area contributed by atoms with Crippen molar-refractivity contribution in [1.82, 2.24) is 14.7 Å². The van der Waals surface area contributed by atoms with E-state index in [9.17, 15) is 23.2 Å². The van der Waals surface area contributed by atoms with Crippen molar-refractivity contribution in [2.75, 3.05) is 17.2 Å². The van der Waals surface area contributed by atoms with Crippen molar-refractivity contribution in [2.24, 2.45) is 0 Å². The Labute approximate surface area is 228 Å². The molecule has 0 atom stereocenters. The fourth-order valence-corrected chi connectivity index (χ4v) is 8.18. The van der Waals surface area contributed by atoms with Crippen molar-refractivity contribution >= 4 is 37.6 Å². The lowest BCUT2D eigenvalue weighted by Crippen LogP contribution is -2.52. The predicted molar refractivity (Wildman–Crippen MR) is 147 cm³/mol. The molecule has 1 aliphatic carbocycles. The SMILES string of the molecule is CCOC(=O)n1nc2c(c1NC(=O)C1([Si](C)(C)C)CCC1)CN(C(=O)Nc1ccccc1C(C)(F)F)C2(C)C. The van der Waals surface area contributed by atoms with Crippen molar-refractivity contribution in [3.05, 3.63) is 41.1 Å². The zero-order chi connectivity index (χ0) is 29.0. The third-order valence-corrected chi connectivity index (χ3v) is 11.8. The first-order chi connectivity index (χ1) is 18.0. The van der Waals surface area contributed by atoms with E-state index in [0.29, 0.717) is 11.3 Å². The number of nitrogens with zero attached hydrogens (tertiary/aromatic N) is 3. The Kier molecular flexibility index (Phi) is 7.16. The van der Waals surface area contributed by atoms with Crippen LogP contribution in [-0.4, -0.2) is 47.4 Å². The van der Waals surface area contributed by atoms with Crippen molar-refractivity contribution < 1.29 is 27.9 Å². The molecule has 1 saturated carbocycles. The molecule has 2 heterocycles. The summed E-state index contributed by atoms with van der Waals surface area (Å²) in [5.74, 6) is -3.12. The number of ether oxygens (including phenoxy) is 1. The van der Waals surface area contributed by atoms with E-state index in [1.165, 1.54) is 23.1 Å². The van der Waals surface area contributed by atoms with Gasteiger partial charge in [0.15, 0.2) is 0 Å². The van der Waals surface area contributed by atoms with Crippen molar-refractivity contribution in [3.8, 4) is 0 Å². The molecule has 0 unspecified atom stereocenters. The van der Waals surface area contributed by atoms with E-state index < -0.39 is 36.7 Å². The number of carbonyl (C=O) groups excluding carboxylic acids is 3. The second-order valence-corrected chi connectivity index (χ2v) is 17.4. The normalized spacial score (nSPS) is 17.7. The number of anilines is 2. The first kappa shape index (κ1) is 28.7. The largest absolute Gasteiger partial charge is 0.448 e. The van der Waals surface area contributed by atoms with Crippen LogP contribution in [0.5, 0.6) is 0 Å². The first-order valence-corrected chi connectivity index (χ1v) is 16.7. The van der Waals surface area contributed by atoms with Gasteiger partial charge in [-0.3, -0.25) is 4.79 Å². The average Bonchev–Trinajstić information content (AvgIpc) is 3.26. The number of nitrogens with one attached hydrogen (secondary N) is 2. The molecule has 212 valence electrons. The number of urea groups is 1. The topological polar surface area (TPSA) is 106 Å². The van der Waals surface area contributed by atoms with Crippen LogP contribution in [-0.2, 0) is 27.5 Å². The van der Waals surface area contributed by atoms with Crippen molar-refractivity contribution in [3.63, 3.8) is 0 Å². The highest BCUT2D eigenvalue weighted by Crippen LogP contribution is 2.56. The molecule has 1 aliphatic heterocycles. The van der Waals surface area contributed by atoms with Gasteiger partial charge in [-0.15, -0.1) is 4.68 Å². The van der Waals surface area contributed by atoms with E-state index in [-0.39, 0.29) is 36.1 Å². The molecule has 0 spiro atoms. The second-order valence-electron chi connectivity index (χ2n) is 11.9. The van der Waals surface area contributed by atoms with Gasteiger partial charge in [-0.1, -0.05) is 44.3 Å². The Morgan fingerprint density at radius 2 is 1.77 bits per heavy atom. The van der Waals surface area contributed by atoms with Gasteiger partial charge in [0, 0.05) is 23.1 Å². The zero-order valence-corrected chi connectivity index (χ0v) is 24.6. The van der Waals surface area contributed by atoms with Gasteiger partial charge >= 0.3 is 12.1 Å². The summed E-state index contributed by atoms with van der Waals surface area (Å²) in [6, 6.07) is 5.15. The number of para-hydroxylation sites is 1.